The first kappa shape index (κ1) is 10.5. The van der Waals surface area contributed by atoms with Crippen molar-refractivity contribution in [3.8, 4) is 6.07 Å². The monoisotopic (exact) mass is 191 g/mol. The van der Waals surface area contributed by atoms with E-state index in [2.05, 4.69) is 4.98 Å². The van der Waals surface area contributed by atoms with E-state index in [1.165, 1.54) is 10.8 Å². The third-order valence-electron chi connectivity index (χ3n) is 1.92. The molecule has 14 heavy (non-hydrogen) atoms. The van der Waals surface area contributed by atoms with Crippen LogP contribution >= 0.6 is 0 Å². The van der Waals surface area contributed by atoms with Gasteiger partial charge in [0.1, 0.15) is 6.07 Å². The standard InChI is InChI=1S/C10H13N3O/c1-10(2,3)8-7(5-11)6-13(4)9(14)12-8/h6H,1-4H3. The molecule has 0 bridgehead atoms. The lowest BCUT2D eigenvalue weighted by molar-refractivity contribution is 0.555. The summed E-state index contributed by atoms with van der Waals surface area (Å²) in [6.07, 6.45) is 1.52. The third kappa shape index (κ3) is 1.82. The molecule has 1 aromatic heterocycles. The van der Waals surface area contributed by atoms with E-state index in [-0.39, 0.29) is 11.1 Å². The molecule has 1 heterocycles. The first-order valence-electron chi connectivity index (χ1n) is 4.34. The Morgan fingerprint density at radius 1 is 1.50 bits per heavy atom. The predicted molar refractivity (Wildman–Crippen MR) is 52.9 cm³/mol. The molecule has 0 atom stereocenters. The normalized spacial score (nSPS) is 11.1. The van der Waals surface area contributed by atoms with E-state index in [1.54, 1.807) is 7.05 Å². The first-order chi connectivity index (χ1) is 6.36. The maximum Gasteiger partial charge on any atom is 0.347 e. The highest BCUT2D eigenvalue weighted by Crippen LogP contribution is 2.21. The molecule has 0 fully saturated rings. The number of nitrogens with zero attached hydrogens (tertiary/aromatic N) is 3. The number of aryl methyl sites for hydroxylation is 1. The van der Waals surface area contributed by atoms with Crippen LogP contribution < -0.4 is 5.69 Å². The highest BCUT2D eigenvalue weighted by molar-refractivity contribution is 5.34. The second-order valence-electron chi connectivity index (χ2n) is 4.26. The number of rotatable bonds is 0. The van der Waals surface area contributed by atoms with E-state index in [0.29, 0.717) is 11.3 Å². The van der Waals surface area contributed by atoms with Crippen molar-refractivity contribution in [2.75, 3.05) is 0 Å². The van der Waals surface area contributed by atoms with Crippen LogP contribution in [0.5, 0.6) is 0 Å². The molecule has 4 nitrogen and oxygen atoms in total. The summed E-state index contributed by atoms with van der Waals surface area (Å²) in [7, 11) is 1.59. The van der Waals surface area contributed by atoms with Crippen molar-refractivity contribution in [2.24, 2.45) is 7.05 Å². The number of nitriles is 1. The van der Waals surface area contributed by atoms with Gasteiger partial charge in [-0.05, 0) is 0 Å². The molecule has 74 valence electrons. The molecule has 0 aromatic carbocycles. The molecule has 4 heteroatoms. The lowest BCUT2D eigenvalue weighted by Gasteiger charge is -2.18. The topological polar surface area (TPSA) is 58.7 Å². The Labute approximate surface area is 82.8 Å². The summed E-state index contributed by atoms with van der Waals surface area (Å²) in [6.45, 7) is 5.78. The van der Waals surface area contributed by atoms with Crippen molar-refractivity contribution in [2.45, 2.75) is 26.2 Å². The second-order valence-corrected chi connectivity index (χ2v) is 4.26. The summed E-state index contributed by atoms with van der Waals surface area (Å²) in [6, 6.07) is 2.05. The molecule has 0 N–H and O–H groups in total. The molecule has 0 saturated heterocycles. The summed E-state index contributed by atoms with van der Waals surface area (Å²) in [4.78, 5) is 15.2. The molecule has 1 rings (SSSR count). The summed E-state index contributed by atoms with van der Waals surface area (Å²) >= 11 is 0. The maximum absolute atomic E-state index is 11.3. The Hall–Kier alpha value is -1.63. The molecule has 0 saturated carbocycles. The van der Waals surface area contributed by atoms with Gasteiger partial charge in [-0.15, -0.1) is 0 Å². The number of hydrogen-bond donors (Lipinski definition) is 0. The van der Waals surface area contributed by atoms with E-state index < -0.39 is 0 Å². The van der Waals surface area contributed by atoms with Gasteiger partial charge in [-0.2, -0.15) is 10.2 Å². The minimum Gasteiger partial charge on any atom is -0.301 e. The number of hydrogen-bond acceptors (Lipinski definition) is 3. The van der Waals surface area contributed by atoms with E-state index in [9.17, 15) is 4.79 Å². The summed E-state index contributed by atoms with van der Waals surface area (Å²) in [5.41, 5.74) is 0.412. The molecule has 1 aromatic rings. The highest BCUT2D eigenvalue weighted by Gasteiger charge is 2.20. The van der Waals surface area contributed by atoms with Crippen LogP contribution in [0.15, 0.2) is 11.0 Å². The van der Waals surface area contributed by atoms with Gasteiger partial charge in [0.05, 0.1) is 11.3 Å². The van der Waals surface area contributed by atoms with Crippen molar-refractivity contribution in [3.63, 3.8) is 0 Å². The SMILES string of the molecule is Cn1cc(C#N)c(C(C)(C)C)nc1=O. The van der Waals surface area contributed by atoms with Gasteiger partial charge in [-0.1, -0.05) is 20.8 Å². The summed E-state index contributed by atoms with van der Waals surface area (Å²) in [5, 5.41) is 8.89. The van der Waals surface area contributed by atoms with Crippen LogP contribution in [-0.4, -0.2) is 9.55 Å². The average molecular weight is 191 g/mol. The van der Waals surface area contributed by atoms with Crippen molar-refractivity contribution in [3.05, 3.63) is 27.9 Å². The first-order valence-corrected chi connectivity index (χ1v) is 4.34. The molecular formula is C10H13N3O. The van der Waals surface area contributed by atoms with Crippen molar-refractivity contribution in [1.82, 2.24) is 9.55 Å². The molecule has 0 aliphatic rings. The van der Waals surface area contributed by atoms with Crippen LogP contribution in [0.25, 0.3) is 0 Å². The minimum atomic E-state index is -0.325. The Kier molecular flexibility index (Phi) is 2.43. The van der Waals surface area contributed by atoms with Crippen molar-refractivity contribution >= 4 is 0 Å². The van der Waals surface area contributed by atoms with Gasteiger partial charge in [0, 0.05) is 18.7 Å². The lowest BCUT2D eigenvalue weighted by Crippen LogP contribution is -2.27. The molecule has 0 amide bonds. The zero-order valence-corrected chi connectivity index (χ0v) is 8.83. The molecule has 0 radical (unpaired) electrons. The Morgan fingerprint density at radius 2 is 2.07 bits per heavy atom. The van der Waals surface area contributed by atoms with Crippen molar-refractivity contribution in [1.29, 1.82) is 5.26 Å². The van der Waals surface area contributed by atoms with Crippen LogP contribution in [0.4, 0.5) is 0 Å². The fourth-order valence-corrected chi connectivity index (χ4v) is 1.20. The molecular weight excluding hydrogens is 178 g/mol. The van der Waals surface area contributed by atoms with E-state index in [1.807, 2.05) is 26.8 Å². The minimum absolute atomic E-state index is 0.279. The summed E-state index contributed by atoms with van der Waals surface area (Å²) < 4.78 is 1.31. The van der Waals surface area contributed by atoms with Crippen LogP contribution in [0.3, 0.4) is 0 Å². The molecule has 0 aliphatic carbocycles. The van der Waals surface area contributed by atoms with Crippen LogP contribution in [0.1, 0.15) is 32.0 Å². The molecule has 0 unspecified atom stereocenters. The van der Waals surface area contributed by atoms with Crippen molar-refractivity contribution < 1.29 is 0 Å². The quantitative estimate of drug-likeness (QED) is 0.613. The molecule has 0 aliphatic heterocycles. The fourth-order valence-electron chi connectivity index (χ4n) is 1.20. The number of aromatic nitrogens is 2. The van der Waals surface area contributed by atoms with E-state index in [0.717, 1.165) is 0 Å². The van der Waals surface area contributed by atoms with Crippen LogP contribution in [0, 0.1) is 11.3 Å². The van der Waals surface area contributed by atoms with Gasteiger partial charge in [-0.3, -0.25) is 0 Å². The van der Waals surface area contributed by atoms with Gasteiger partial charge in [0.15, 0.2) is 0 Å². The van der Waals surface area contributed by atoms with Gasteiger partial charge in [0.25, 0.3) is 0 Å². The Balaban J connectivity index is 3.53. The third-order valence-corrected chi connectivity index (χ3v) is 1.92. The molecule has 0 spiro atoms. The zero-order chi connectivity index (χ0) is 10.9. The Morgan fingerprint density at radius 3 is 2.50 bits per heavy atom. The van der Waals surface area contributed by atoms with Crippen LogP contribution in [-0.2, 0) is 12.5 Å². The van der Waals surface area contributed by atoms with E-state index >= 15 is 0 Å². The zero-order valence-electron chi connectivity index (χ0n) is 8.83. The van der Waals surface area contributed by atoms with Gasteiger partial charge >= 0.3 is 5.69 Å². The second kappa shape index (κ2) is 3.26. The van der Waals surface area contributed by atoms with Crippen LogP contribution in [0.2, 0.25) is 0 Å². The largest absolute Gasteiger partial charge is 0.347 e. The Bertz CT molecular complexity index is 446. The smallest absolute Gasteiger partial charge is 0.301 e. The average Bonchev–Trinajstić information content (AvgIpc) is 2.07. The maximum atomic E-state index is 11.3. The predicted octanol–water partition coefficient (Wildman–Crippen LogP) is 0.949. The van der Waals surface area contributed by atoms with Gasteiger partial charge in [-0.25, -0.2) is 4.79 Å². The highest BCUT2D eigenvalue weighted by atomic mass is 16.1. The summed E-state index contributed by atoms with van der Waals surface area (Å²) in [5.74, 6) is 0. The van der Waals surface area contributed by atoms with E-state index in [4.69, 9.17) is 5.26 Å². The van der Waals surface area contributed by atoms with Gasteiger partial charge in [0.2, 0.25) is 0 Å². The van der Waals surface area contributed by atoms with Gasteiger partial charge < -0.3 is 4.57 Å². The fraction of sp³-hybridized carbons (Fsp3) is 0.500. The lowest BCUT2D eigenvalue weighted by atomic mass is 9.89.